The summed E-state index contributed by atoms with van der Waals surface area (Å²) < 4.78 is 5.60. The number of nitrogens with one attached hydrogen (secondary N) is 1. The number of anilines is 1. The standard InChI is InChI=1S/C16H25N3OS/c1-4-21-14-7-5-6-12(15(14)16(17)18)19-9-8-11(2)13(10-19)20-3/h5-7,11,13H,4,8-10H2,1-3H3,(H3,17,18). The number of methoxy groups -OCH3 is 1. The van der Waals surface area contributed by atoms with Gasteiger partial charge in [-0.2, -0.15) is 0 Å². The van der Waals surface area contributed by atoms with Crippen molar-refractivity contribution in [2.24, 2.45) is 11.7 Å². The van der Waals surface area contributed by atoms with E-state index in [1.54, 1.807) is 18.9 Å². The van der Waals surface area contributed by atoms with Crippen molar-refractivity contribution in [3.63, 3.8) is 0 Å². The molecule has 1 aliphatic rings. The Bertz CT molecular complexity index is 506. The van der Waals surface area contributed by atoms with E-state index in [9.17, 15) is 0 Å². The summed E-state index contributed by atoms with van der Waals surface area (Å²) in [6.07, 6.45) is 1.34. The summed E-state index contributed by atoms with van der Waals surface area (Å²) in [4.78, 5) is 3.40. The molecule has 0 radical (unpaired) electrons. The van der Waals surface area contributed by atoms with Crippen molar-refractivity contribution < 1.29 is 4.74 Å². The van der Waals surface area contributed by atoms with Gasteiger partial charge in [0.2, 0.25) is 0 Å². The maximum Gasteiger partial charge on any atom is 0.126 e. The van der Waals surface area contributed by atoms with Gasteiger partial charge in [0, 0.05) is 30.8 Å². The maximum absolute atomic E-state index is 7.96. The smallest absolute Gasteiger partial charge is 0.126 e. The molecule has 0 aromatic heterocycles. The second kappa shape index (κ2) is 7.18. The number of hydrogen-bond acceptors (Lipinski definition) is 4. The van der Waals surface area contributed by atoms with Crippen LogP contribution in [-0.2, 0) is 4.74 Å². The molecule has 0 spiro atoms. The lowest BCUT2D eigenvalue weighted by atomic mass is 9.95. The molecule has 2 unspecified atom stereocenters. The molecule has 116 valence electrons. The number of nitrogens with zero attached hydrogens (tertiary/aromatic N) is 1. The fourth-order valence-corrected chi connectivity index (χ4v) is 3.73. The normalized spacial score (nSPS) is 22.3. The molecule has 1 aliphatic heterocycles. The lowest BCUT2D eigenvalue weighted by Gasteiger charge is -2.38. The molecule has 2 rings (SSSR count). The molecule has 0 saturated carbocycles. The van der Waals surface area contributed by atoms with Gasteiger partial charge in [-0.3, -0.25) is 5.41 Å². The van der Waals surface area contributed by atoms with Crippen LogP contribution in [0.15, 0.2) is 23.1 Å². The molecule has 5 heteroatoms. The van der Waals surface area contributed by atoms with Crippen LogP contribution in [-0.4, -0.2) is 37.9 Å². The molecule has 0 bridgehead atoms. The second-order valence-corrected chi connectivity index (χ2v) is 6.79. The minimum Gasteiger partial charge on any atom is -0.384 e. The van der Waals surface area contributed by atoms with E-state index in [4.69, 9.17) is 15.9 Å². The topological polar surface area (TPSA) is 62.3 Å². The number of piperidine rings is 1. The predicted octanol–water partition coefficient (Wildman–Crippen LogP) is 2.94. The minimum absolute atomic E-state index is 0.147. The van der Waals surface area contributed by atoms with Gasteiger partial charge in [0.15, 0.2) is 0 Å². The SMILES string of the molecule is CCSc1cccc(N2CCC(C)C(OC)C2)c1C(=N)N. The van der Waals surface area contributed by atoms with E-state index in [-0.39, 0.29) is 11.9 Å². The first-order valence-corrected chi connectivity index (χ1v) is 8.45. The van der Waals surface area contributed by atoms with Crippen LogP contribution >= 0.6 is 11.8 Å². The average Bonchev–Trinajstić information content (AvgIpc) is 2.47. The molecule has 1 aromatic rings. The summed E-state index contributed by atoms with van der Waals surface area (Å²) in [5, 5.41) is 7.96. The van der Waals surface area contributed by atoms with Crippen molar-refractivity contribution in [1.82, 2.24) is 0 Å². The first-order chi connectivity index (χ1) is 10.1. The van der Waals surface area contributed by atoms with Gasteiger partial charge in [-0.05, 0) is 30.2 Å². The van der Waals surface area contributed by atoms with Crippen LogP contribution in [0.3, 0.4) is 0 Å². The quantitative estimate of drug-likeness (QED) is 0.499. The van der Waals surface area contributed by atoms with Crippen LogP contribution in [0.5, 0.6) is 0 Å². The maximum atomic E-state index is 7.96. The Balaban J connectivity index is 2.34. The van der Waals surface area contributed by atoms with E-state index in [1.165, 1.54) is 0 Å². The molecular formula is C16H25N3OS. The van der Waals surface area contributed by atoms with Gasteiger partial charge < -0.3 is 15.4 Å². The van der Waals surface area contributed by atoms with Gasteiger partial charge in [-0.15, -0.1) is 11.8 Å². The van der Waals surface area contributed by atoms with Crippen LogP contribution in [0.1, 0.15) is 25.8 Å². The predicted molar refractivity (Wildman–Crippen MR) is 90.6 cm³/mol. The molecule has 4 nitrogen and oxygen atoms in total. The van der Waals surface area contributed by atoms with E-state index < -0.39 is 0 Å². The Morgan fingerprint density at radius 3 is 2.90 bits per heavy atom. The Labute approximate surface area is 131 Å². The van der Waals surface area contributed by atoms with Crippen molar-refractivity contribution in [2.75, 3.05) is 30.9 Å². The molecule has 3 N–H and O–H groups in total. The number of hydrogen-bond donors (Lipinski definition) is 2. The second-order valence-electron chi connectivity index (χ2n) is 5.48. The van der Waals surface area contributed by atoms with Gasteiger partial charge in [-0.25, -0.2) is 0 Å². The van der Waals surface area contributed by atoms with E-state index in [2.05, 4.69) is 36.9 Å². The van der Waals surface area contributed by atoms with Crippen molar-refractivity contribution in [1.29, 1.82) is 5.41 Å². The molecule has 1 fully saturated rings. The molecule has 1 saturated heterocycles. The molecular weight excluding hydrogens is 282 g/mol. The highest BCUT2D eigenvalue weighted by atomic mass is 32.2. The van der Waals surface area contributed by atoms with Crippen molar-refractivity contribution in [3.05, 3.63) is 23.8 Å². The van der Waals surface area contributed by atoms with Gasteiger partial charge in [-0.1, -0.05) is 19.9 Å². The van der Waals surface area contributed by atoms with Crippen LogP contribution < -0.4 is 10.6 Å². The van der Waals surface area contributed by atoms with Crippen LogP contribution in [0.25, 0.3) is 0 Å². The van der Waals surface area contributed by atoms with Crippen LogP contribution in [0, 0.1) is 11.3 Å². The highest BCUT2D eigenvalue weighted by Crippen LogP contribution is 2.33. The largest absolute Gasteiger partial charge is 0.384 e. The minimum atomic E-state index is 0.147. The summed E-state index contributed by atoms with van der Waals surface area (Å²) in [6, 6.07) is 6.17. The highest BCUT2D eigenvalue weighted by Gasteiger charge is 2.28. The molecule has 1 aromatic carbocycles. The zero-order valence-electron chi connectivity index (χ0n) is 13.1. The van der Waals surface area contributed by atoms with E-state index in [0.29, 0.717) is 5.92 Å². The Kier molecular flexibility index (Phi) is 5.53. The van der Waals surface area contributed by atoms with Gasteiger partial charge in [0.1, 0.15) is 5.84 Å². The number of amidine groups is 1. The Morgan fingerprint density at radius 2 is 2.29 bits per heavy atom. The summed E-state index contributed by atoms with van der Waals surface area (Å²) in [5.74, 6) is 1.69. The average molecular weight is 307 g/mol. The monoisotopic (exact) mass is 307 g/mol. The Hall–Kier alpha value is -1.20. The lowest BCUT2D eigenvalue weighted by Crippen LogP contribution is -2.44. The van der Waals surface area contributed by atoms with Crippen molar-refractivity contribution in [2.45, 2.75) is 31.3 Å². The van der Waals surface area contributed by atoms with Crippen molar-refractivity contribution in [3.8, 4) is 0 Å². The number of ether oxygens (including phenoxy) is 1. The zero-order valence-corrected chi connectivity index (χ0v) is 13.9. The number of thioether (sulfide) groups is 1. The Morgan fingerprint density at radius 1 is 1.52 bits per heavy atom. The molecule has 0 aliphatic carbocycles. The van der Waals surface area contributed by atoms with E-state index >= 15 is 0 Å². The first-order valence-electron chi connectivity index (χ1n) is 7.46. The summed E-state index contributed by atoms with van der Waals surface area (Å²) in [6.45, 7) is 6.20. The van der Waals surface area contributed by atoms with Gasteiger partial charge in [0.05, 0.1) is 11.7 Å². The third-order valence-corrected chi connectivity index (χ3v) is 5.05. The number of benzene rings is 1. The third kappa shape index (κ3) is 3.52. The molecule has 0 amide bonds. The van der Waals surface area contributed by atoms with Gasteiger partial charge >= 0.3 is 0 Å². The third-order valence-electron chi connectivity index (χ3n) is 4.11. The van der Waals surface area contributed by atoms with Gasteiger partial charge in [0.25, 0.3) is 0 Å². The van der Waals surface area contributed by atoms with Crippen LogP contribution in [0.4, 0.5) is 5.69 Å². The highest BCUT2D eigenvalue weighted by molar-refractivity contribution is 7.99. The van der Waals surface area contributed by atoms with E-state index in [1.807, 2.05) is 0 Å². The summed E-state index contributed by atoms with van der Waals surface area (Å²) in [7, 11) is 1.78. The van der Waals surface area contributed by atoms with Crippen LogP contribution in [0.2, 0.25) is 0 Å². The van der Waals surface area contributed by atoms with Crippen molar-refractivity contribution >= 4 is 23.3 Å². The summed E-state index contributed by atoms with van der Waals surface area (Å²) >= 11 is 1.74. The fraction of sp³-hybridized carbons (Fsp3) is 0.562. The first kappa shape index (κ1) is 16.2. The molecule has 2 atom stereocenters. The zero-order chi connectivity index (χ0) is 15.4. The summed E-state index contributed by atoms with van der Waals surface area (Å²) in [5.41, 5.74) is 7.79. The number of nitrogens with two attached hydrogens (primary N) is 1. The number of rotatable bonds is 5. The lowest BCUT2D eigenvalue weighted by molar-refractivity contribution is 0.0498. The molecule has 21 heavy (non-hydrogen) atoms. The molecule has 1 heterocycles. The number of nitrogen functional groups attached to an aromatic ring is 1. The van der Waals surface area contributed by atoms with E-state index in [0.717, 1.165) is 41.4 Å². The fourth-order valence-electron chi connectivity index (χ4n) is 2.89.